The van der Waals surface area contributed by atoms with Crippen molar-refractivity contribution in [2.75, 3.05) is 25.2 Å². The molecule has 0 fully saturated rings. The SMILES string of the molecule is COCCNC(=O)Cc1ccc(N(Cc2ccccc2)C(=O)C=Cc2ccccc2)cc1. The summed E-state index contributed by atoms with van der Waals surface area (Å²) in [6.07, 6.45) is 3.69. The van der Waals surface area contributed by atoms with Gasteiger partial charge >= 0.3 is 0 Å². The Morgan fingerprint density at radius 1 is 0.875 bits per heavy atom. The van der Waals surface area contributed by atoms with Gasteiger partial charge in [0.25, 0.3) is 5.91 Å². The maximum Gasteiger partial charge on any atom is 0.251 e. The van der Waals surface area contributed by atoms with E-state index in [2.05, 4.69) is 5.32 Å². The minimum Gasteiger partial charge on any atom is -0.383 e. The second kappa shape index (κ2) is 12.2. The molecule has 1 N–H and O–H groups in total. The fourth-order valence-corrected chi connectivity index (χ4v) is 3.22. The number of carbonyl (C=O) groups excluding carboxylic acids is 2. The summed E-state index contributed by atoms with van der Waals surface area (Å²) in [4.78, 5) is 26.9. The average molecular weight is 429 g/mol. The van der Waals surface area contributed by atoms with Gasteiger partial charge in [-0.3, -0.25) is 9.59 Å². The quantitative estimate of drug-likeness (QED) is 0.388. The Morgan fingerprint density at radius 3 is 2.19 bits per heavy atom. The normalized spacial score (nSPS) is 10.8. The van der Waals surface area contributed by atoms with E-state index >= 15 is 0 Å². The maximum absolute atomic E-state index is 13.1. The smallest absolute Gasteiger partial charge is 0.251 e. The maximum atomic E-state index is 13.1. The van der Waals surface area contributed by atoms with Crippen LogP contribution in [0.25, 0.3) is 6.08 Å². The molecule has 5 heteroatoms. The van der Waals surface area contributed by atoms with Crippen LogP contribution in [0.1, 0.15) is 16.7 Å². The van der Waals surface area contributed by atoms with E-state index in [-0.39, 0.29) is 18.2 Å². The van der Waals surface area contributed by atoms with Crippen molar-refractivity contribution in [3.8, 4) is 0 Å². The number of methoxy groups -OCH3 is 1. The van der Waals surface area contributed by atoms with Gasteiger partial charge in [-0.2, -0.15) is 0 Å². The van der Waals surface area contributed by atoms with Crippen LogP contribution in [0, 0.1) is 0 Å². The molecule has 0 unspecified atom stereocenters. The van der Waals surface area contributed by atoms with Crippen molar-refractivity contribution >= 4 is 23.6 Å². The molecule has 2 amide bonds. The van der Waals surface area contributed by atoms with Crippen LogP contribution in [0.2, 0.25) is 0 Å². The van der Waals surface area contributed by atoms with Crippen molar-refractivity contribution in [3.63, 3.8) is 0 Å². The second-order valence-electron chi connectivity index (χ2n) is 7.34. The Bertz CT molecular complexity index is 1020. The predicted molar refractivity (Wildman–Crippen MR) is 128 cm³/mol. The van der Waals surface area contributed by atoms with Gasteiger partial charge in [0.15, 0.2) is 0 Å². The summed E-state index contributed by atoms with van der Waals surface area (Å²) in [5, 5.41) is 2.82. The summed E-state index contributed by atoms with van der Waals surface area (Å²) < 4.78 is 4.95. The van der Waals surface area contributed by atoms with E-state index in [4.69, 9.17) is 4.74 Å². The summed E-state index contributed by atoms with van der Waals surface area (Å²) in [7, 11) is 1.60. The van der Waals surface area contributed by atoms with Crippen molar-refractivity contribution in [1.82, 2.24) is 5.32 Å². The van der Waals surface area contributed by atoms with Crippen LogP contribution in [0.15, 0.2) is 91.0 Å². The van der Waals surface area contributed by atoms with Crippen LogP contribution in [0.3, 0.4) is 0 Å². The first-order valence-electron chi connectivity index (χ1n) is 10.6. The fraction of sp³-hybridized carbons (Fsp3) is 0.185. The molecule has 0 radical (unpaired) electrons. The van der Waals surface area contributed by atoms with E-state index in [1.807, 2.05) is 91.0 Å². The van der Waals surface area contributed by atoms with Crippen LogP contribution in [-0.4, -0.2) is 32.1 Å². The summed E-state index contributed by atoms with van der Waals surface area (Å²) in [5.41, 5.74) is 3.67. The van der Waals surface area contributed by atoms with Crippen LogP contribution in [-0.2, 0) is 27.3 Å². The number of ether oxygens (including phenoxy) is 1. The Kier molecular flexibility index (Phi) is 8.78. The van der Waals surface area contributed by atoms with Gasteiger partial charge in [0.2, 0.25) is 5.91 Å². The van der Waals surface area contributed by atoms with Crippen LogP contribution in [0.5, 0.6) is 0 Å². The van der Waals surface area contributed by atoms with Crippen molar-refractivity contribution in [1.29, 1.82) is 0 Å². The van der Waals surface area contributed by atoms with Crippen molar-refractivity contribution in [2.45, 2.75) is 13.0 Å². The summed E-state index contributed by atoms with van der Waals surface area (Å²) in [6, 6.07) is 27.2. The number of anilines is 1. The number of nitrogens with one attached hydrogen (secondary N) is 1. The first kappa shape index (κ1) is 23.0. The molecule has 0 spiro atoms. The molecule has 164 valence electrons. The van der Waals surface area contributed by atoms with Crippen molar-refractivity contribution < 1.29 is 14.3 Å². The highest BCUT2D eigenvalue weighted by molar-refractivity contribution is 6.03. The predicted octanol–water partition coefficient (Wildman–Crippen LogP) is 4.24. The van der Waals surface area contributed by atoms with Crippen LogP contribution < -0.4 is 10.2 Å². The number of amides is 2. The number of carbonyl (C=O) groups is 2. The topological polar surface area (TPSA) is 58.6 Å². The van der Waals surface area contributed by atoms with Gasteiger partial charge in [0.1, 0.15) is 0 Å². The first-order valence-corrected chi connectivity index (χ1v) is 10.6. The van der Waals surface area contributed by atoms with Crippen LogP contribution >= 0.6 is 0 Å². The van der Waals surface area contributed by atoms with Gasteiger partial charge in [-0.1, -0.05) is 72.8 Å². The highest BCUT2D eigenvalue weighted by atomic mass is 16.5. The standard InChI is InChI=1S/C27H28N2O3/c1-32-19-18-28-26(30)20-23-12-15-25(16-13-23)29(21-24-10-6-3-7-11-24)27(31)17-14-22-8-4-2-5-9-22/h2-17H,18-21H2,1H3,(H,28,30). The lowest BCUT2D eigenvalue weighted by Gasteiger charge is -2.22. The summed E-state index contributed by atoms with van der Waals surface area (Å²) >= 11 is 0. The minimum absolute atomic E-state index is 0.0576. The van der Waals surface area contributed by atoms with E-state index in [9.17, 15) is 9.59 Å². The summed E-state index contributed by atoms with van der Waals surface area (Å²) in [5.74, 6) is -0.166. The number of hydrogen-bond donors (Lipinski definition) is 1. The third kappa shape index (κ3) is 7.22. The molecular weight excluding hydrogens is 400 g/mol. The van der Waals surface area contributed by atoms with E-state index in [0.717, 1.165) is 22.4 Å². The number of rotatable bonds is 10. The molecule has 3 aromatic rings. The van der Waals surface area contributed by atoms with Gasteiger partial charge in [-0.15, -0.1) is 0 Å². The lowest BCUT2D eigenvalue weighted by molar-refractivity contribution is -0.120. The molecular formula is C27H28N2O3. The molecule has 32 heavy (non-hydrogen) atoms. The van der Waals surface area contributed by atoms with E-state index in [1.54, 1.807) is 18.1 Å². The zero-order valence-corrected chi connectivity index (χ0v) is 18.2. The Balaban J connectivity index is 1.74. The Morgan fingerprint density at radius 2 is 1.53 bits per heavy atom. The van der Waals surface area contributed by atoms with Crippen LogP contribution in [0.4, 0.5) is 5.69 Å². The number of benzene rings is 3. The molecule has 0 bridgehead atoms. The highest BCUT2D eigenvalue weighted by Crippen LogP contribution is 2.20. The van der Waals surface area contributed by atoms with Gasteiger partial charge in [-0.25, -0.2) is 0 Å². The monoisotopic (exact) mass is 428 g/mol. The number of hydrogen-bond acceptors (Lipinski definition) is 3. The van der Waals surface area contributed by atoms with Gasteiger partial charge in [0.05, 0.1) is 19.6 Å². The average Bonchev–Trinajstić information content (AvgIpc) is 2.83. The minimum atomic E-state index is -0.109. The third-order valence-electron chi connectivity index (χ3n) is 4.91. The molecule has 0 aliphatic heterocycles. The van der Waals surface area contributed by atoms with Crippen molar-refractivity contribution in [2.24, 2.45) is 0 Å². The molecule has 0 atom stereocenters. The Hall–Kier alpha value is -3.70. The molecule has 0 saturated carbocycles. The zero-order chi connectivity index (χ0) is 22.6. The van der Waals surface area contributed by atoms with Gasteiger partial charge < -0.3 is 15.0 Å². The highest BCUT2D eigenvalue weighted by Gasteiger charge is 2.14. The molecule has 0 aliphatic carbocycles. The Labute approximate surface area is 189 Å². The second-order valence-corrected chi connectivity index (χ2v) is 7.34. The van der Waals surface area contributed by atoms with E-state index < -0.39 is 0 Å². The zero-order valence-electron chi connectivity index (χ0n) is 18.2. The fourth-order valence-electron chi connectivity index (χ4n) is 3.22. The molecule has 0 aliphatic rings. The summed E-state index contributed by atoms with van der Waals surface area (Å²) in [6.45, 7) is 1.42. The molecule has 3 aromatic carbocycles. The molecule has 0 aromatic heterocycles. The molecule has 0 saturated heterocycles. The van der Waals surface area contributed by atoms with Gasteiger partial charge in [0, 0.05) is 25.4 Å². The molecule has 0 heterocycles. The molecule has 3 rings (SSSR count). The first-order chi connectivity index (χ1) is 15.7. The third-order valence-corrected chi connectivity index (χ3v) is 4.91. The lowest BCUT2D eigenvalue weighted by atomic mass is 10.1. The van der Waals surface area contributed by atoms with E-state index in [1.165, 1.54) is 0 Å². The number of nitrogens with zero attached hydrogens (tertiary/aromatic N) is 1. The van der Waals surface area contributed by atoms with Gasteiger partial charge in [-0.05, 0) is 34.9 Å². The molecule has 5 nitrogen and oxygen atoms in total. The lowest BCUT2D eigenvalue weighted by Crippen LogP contribution is -2.29. The largest absolute Gasteiger partial charge is 0.383 e. The van der Waals surface area contributed by atoms with E-state index in [0.29, 0.717) is 19.7 Å². The van der Waals surface area contributed by atoms with Crippen molar-refractivity contribution in [3.05, 3.63) is 108 Å².